The fraction of sp³-hybridized carbons (Fsp3) is 0.875. The van der Waals surface area contributed by atoms with Crippen LogP contribution >= 0.6 is 21.6 Å². The second-order valence-electron chi connectivity index (χ2n) is 9.53. The van der Waals surface area contributed by atoms with Crippen LogP contribution in [0.4, 0.5) is 0 Å². The number of carbonyl (C=O) groups excluding carboxylic acids is 3. The third-order valence-corrected chi connectivity index (χ3v) is 8.20. The van der Waals surface area contributed by atoms with Gasteiger partial charge in [0.1, 0.15) is 5.60 Å². The molecule has 34 heavy (non-hydrogen) atoms. The molecule has 0 aromatic heterocycles. The molecule has 0 spiro atoms. The standard InChI is InChI=1S/C24H44N2O6S2/c1-24(2,3)32-22(29)18-19(23(30)26-13-15-31-16-14-27)8-6-7-12-25-21(28)10-5-4-9-20-11-17-33-34-20/h19-20,27H,4-18H2,1-3H3,(H,25,28)(H,26,30)/t19-,20?/m1/s1. The number of hydrogen-bond donors (Lipinski definition) is 3. The average molecular weight is 521 g/mol. The van der Waals surface area contributed by atoms with Crippen LogP contribution < -0.4 is 10.6 Å². The van der Waals surface area contributed by atoms with E-state index >= 15 is 0 Å². The molecule has 1 rings (SSSR count). The molecule has 0 aliphatic carbocycles. The molecule has 1 aliphatic rings. The first-order valence-electron chi connectivity index (χ1n) is 12.4. The van der Waals surface area contributed by atoms with E-state index in [1.165, 1.54) is 18.6 Å². The van der Waals surface area contributed by atoms with Crippen LogP contribution in [0.5, 0.6) is 0 Å². The van der Waals surface area contributed by atoms with Crippen LogP contribution in [0.15, 0.2) is 0 Å². The minimum absolute atomic E-state index is 0.0186. The summed E-state index contributed by atoms with van der Waals surface area (Å²) in [6, 6.07) is 0. The van der Waals surface area contributed by atoms with Crippen molar-refractivity contribution in [2.24, 2.45) is 5.92 Å². The fourth-order valence-corrected chi connectivity index (χ4v) is 6.55. The summed E-state index contributed by atoms with van der Waals surface area (Å²) in [5.41, 5.74) is -0.602. The van der Waals surface area contributed by atoms with Crippen LogP contribution in [0.25, 0.3) is 0 Å². The third kappa shape index (κ3) is 16.6. The van der Waals surface area contributed by atoms with E-state index in [0.29, 0.717) is 32.5 Å². The first kappa shape index (κ1) is 31.1. The summed E-state index contributed by atoms with van der Waals surface area (Å²) >= 11 is 0. The van der Waals surface area contributed by atoms with Gasteiger partial charge in [-0.2, -0.15) is 0 Å². The van der Waals surface area contributed by atoms with Gasteiger partial charge in [-0.3, -0.25) is 14.4 Å². The number of rotatable bonds is 18. The smallest absolute Gasteiger partial charge is 0.307 e. The lowest BCUT2D eigenvalue weighted by atomic mass is 9.97. The second-order valence-corrected chi connectivity index (χ2v) is 12.3. The maximum Gasteiger partial charge on any atom is 0.307 e. The van der Waals surface area contributed by atoms with E-state index in [1.807, 2.05) is 21.6 Å². The van der Waals surface area contributed by atoms with E-state index in [0.717, 1.165) is 30.9 Å². The molecule has 1 unspecified atom stereocenters. The van der Waals surface area contributed by atoms with Crippen LogP contribution in [0.2, 0.25) is 0 Å². The molecule has 0 radical (unpaired) electrons. The van der Waals surface area contributed by atoms with Crippen molar-refractivity contribution in [3.63, 3.8) is 0 Å². The Labute approximate surface area is 212 Å². The van der Waals surface area contributed by atoms with Crippen molar-refractivity contribution < 1.29 is 29.0 Å². The summed E-state index contributed by atoms with van der Waals surface area (Å²) in [6.07, 6.45) is 7.09. The normalized spacial score (nSPS) is 16.8. The zero-order valence-corrected chi connectivity index (χ0v) is 22.7. The number of aliphatic hydroxyl groups is 1. The molecule has 1 aliphatic heterocycles. The van der Waals surface area contributed by atoms with Crippen molar-refractivity contribution in [3.05, 3.63) is 0 Å². The highest BCUT2D eigenvalue weighted by molar-refractivity contribution is 8.77. The van der Waals surface area contributed by atoms with Gasteiger partial charge in [0.15, 0.2) is 0 Å². The Balaban J connectivity index is 2.27. The number of aliphatic hydroxyl groups excluding tert-OH is 1. The predicted molar refractivity (Wildman–Crippen MR) is 139 cm³/mol. The summed E-state index contributed by atoms with van der Waals surface area (Å²) in [5.74, 6) is 0.234. The number of amides is 2. The van der Waals surface area contributed by atoms with Gasteiger partial charge in [-0.05, 0) is 52.9 Å². The number of ether oxygens (including phenoxy) is 2. The number of unbranched alkanes of at least 4 members (excludes halogenated alkanes) is 2. The number of esters is 1. The van der Waals surface area contributed by atoms with Crippen molar-refractivity contribution >= 4 is 39.4 Å². The summed E-state index contributed by atoms with van der Waals surface area (Å²) in [5, 5.41) is 15.2. The number of carbonyl (C=O) groups is 3. The largest absolute Gasteiger partial charge is 0.460 e. The number of nitrogens with one attached hydrogen (secondary N) is 2. The molecule has 10 heteroatoms. The summed E-state index contributed by atoms with van der Waals surface area (Å²) in [4.78, 5) is 36.9. The minimum atomic E-state index is -0.602. The van der Waals surface area contributed by atoms with Gasteiger partial charge < -0.3 is 25.2 Å². The van der Waals surface area contributed by atoms with Crippen LogP contribution in [0.1, 0.15) is 78.6 Å². The maximum absolute atomic E-state index is 12.6. The Bertz CT molecular complexity index is 595. The van der Waals surface area contributed by atoms with Gasteiger partial charge in [-0.15, -0.1) is 0 Å². The molecule has 1 fully saturated rings. The van der Waals surface area contributed by atoms with Crippen molar-refractivity contribution in [2.75, 3.05) is 38.7 Å². The Morgan fingerprint density at radius 1 is 1.06 bits per heavy atom. The van der Waals surface area contributed by atoms with E-state index in [-0.39, 0.29) is 31.4 Å². The van der Waals surface area contributed by atoms with E-state index in [1.54, 1.807) is 20.8 Å². The Kier molecular flexibility index (Phi) is 16.7. The number of hydrogen-bond acceptors (Lipinski definition) is 8. The van der Waals surface area contributed by atoms with Crippen LogP contribution in [-0.4, -0.2) is 72.4 Å². The Morgan fingerprint density at radius 2 is 1.85 bits per heavy atom. The second kappa shape index (κ2) is 18.3. The highest BCUT2D eigenvalue weighted by atomic mass is 33.1. The van der Waals surface area contributed by atoms with Crippen molar-refractivity contribution in [1.29, 1.82) is 0 Å². The van der Waals surface area contributed by atoms with E-state index in [2.05, 4.69) is 10.6 Å². The lowest BCUT2D eigenvalue weighted by Gasteiger charge is -2.22. The van der Waals surface area contributed by atoms with E-state index < -0.39 is 17.5 Å². The van der Waals surface area contributed by atoms with Gasteiger partial charge in [0.2, 0.25) is 11.8 Å². The molecule has 0 saturated carbocycles. The quantitative estimate of drug-likeness (QED) is 0.143. The Hall–Kier alpha value is -0.970. The lowest BCUT2D eigenvalue weighted by molar-refractivity contribution is -0.157. The molecule has 0 aromatic carbocycles. The van der Waals surface area contributed by atoms with E-state index in [4.69, 9.17) is 14.6 Å². The molecule has 8 nitrogen and oxygen atoms in total. The molecule has 1 saturated heterocycles. The van der Waals surface area contributed by atoms with Crippen molar-refractivity contribution in [2.45, 2.75) is 89.4 Å². The van der Waals surface area contributed by atoms with Gasteiger partial charge >= 0.3 is 5.97 Å². The molecule has 198 valence electrons. The highest BCUT2D eigenvalue weighted by Gasteiger charge is 2.25. The summed E-state index contributed by atoms with van der Waals surface area (Å²) < 4.78 is 10.5. The maximum atomic E-state index is 12.6. The zero-order valence-electron chi connectivity index (χ0n) is 21.1. The molecule has 3 N–H and O–H groups in total. The lowest BCUT2D eigenvalue weighted by Crippen LogP contribution is -2.36. The molecule has 0 aromatic rings. The fourth-order valence-electron chi connectivity index (χ4n) is 3.52. The molecule has 0 bridgehead atoms. The zero-order chi connectivity index (χ0) is 25.2. The van der Waals surface area contributed by atoms with Crippen LogP contribution in [-0.2, 0) is 23.9 Å². The van der Waals surface area contributed by atoms with Gasteiger partial charge in [-0.25, -0.2) is 0 Å². The first-order valence-corrected chi connectivity index (χ1v) is 14.8. The van der Waals surface area contributed by atoms with Crippen molar-refractivity contribution in [3.8, 4) is 0 Å². The summed E-state index contributed by atoms with van der Waals surface area (Å²) in [7, 11) is 3.93. The first-order chi connectivity index (χ1) is 16.2. The SMILES string of the molecule is CC(C)(C)OC(=O)C[C@@H](CCCCNC(=O)CCCCC1CCSS1)C(=O)NCCOCCO. The van der Waals surface area contributed by atoms with Crippen LogP contribution in [0.3, 0.4) is 0 Å². The third-order valence-electron chi connectivity index (χ3n) is 5.19. The topological polar surface area (TPSA) is 114 Å². The molecular weight excluding hydrogens is 476 g/mol. The predicted octanol–water partition coefficient (Wildman–Crippen LogP) is 3.46. The summed E-state index contributed by atoms with van der Waals surface area (Å²) in [6.45, 7) is 6.75. The minimum Gasteiger partial charge on any atom is -0.460 e. The highest BCUT2D eigenvalue weighted by Crippen LogP contribution is 2.39. The molecule has 2 amide bonds. The Morgan fingerprint density at radius 3 is 2.53 bits per heavy atom. The molecule has 2 atom stereocenters. The van der Waals surface area contributed by atoms with Crippen LogP contribution in [0, 0.1) is 5.92 Å². The van der Waals surface area contributed by atoms with Gasteiger partial charge in [-0.1, -0.05) is 34.4 Å². The average Bonchev–Trinajstić information content (AvgIpc) is 3.27. The molecule has 1 heterocycles. The monoisotopic (exact) mass is 520 g/mol. The van der Waals surface area contributed by atoms with Gasteiger partial charge in [0, 0.05) is 36.4 Å². The van der Waals surface area contributed by atoms with E-state index in [9.17, 15) is 14.4 Å². The molecular formula is C24H44N2O6S2. The van der Waals surface area contributed by atoms with Gasteiger partial charge in [0.25, 0.3) is 0 Å². The van der Waals surface area contributed by atoms with Gasteiger partial charge in [0.05, 0.1) is 26.2 Å². The van der Waals surface area contributed by atoms with Crippen molar-refractivity contribution in [1.82, 2.24) is 10.6 Å².